The molecule has 1 atom stereocenters. The maximum Gasteiger partial charge on any atom is 0.154 e. The van der Waals surface area contributed by atoms with Gasteiger partial charge in [0, 0.05) is 24.2 Å². The largest absolute Gasteiger partial charge is 0.356 e. The molecule has 0 spiro atoms. The Morgan fingerprint density at radius 3 is 1.93 bits per heavy atom. The van der Waals surface area contributed by atoms with E-state index in [0.29, 0.717) is 12.0 Å². The van der Waals surface area contributed by atoms with Crippen LogP contribution in [0.5, 0.6) is 0 Å². The number of rotatable bonds is 5. The molecule has 0 saturated heterocycles. The van der Waals surface area contributed by atoms with Crippen LogP contribution in [0.25, 0.3) is 11.1 Å². The van der Waals surface area contributed by atoms with E-state index in [1.807, 2.05) is 54.6 Å². The van der Waals surface area contributed by atoms with E-state index < -0.39 is 0 Å². The topological polar surface area (TPSA) is 39.5 Å². The van der Waals surface area contributed by atoms with Crippen molar-refractivity contribution < 1.29 is 0 Å². The van der Waals surface area contributed by atoms with Crippen molar-refractivity contribution in [3.8, 4) is 11.1 Å². The summed E-state index contributed by atoms with van der Waals surface area (Å²) in [6.07, 6.45) is 0. The molecule has 3 aromatic carbocycles. The van der Waals surface area contributed by atoms with Crippen LogP contribution >= 0.6 is 0 Å². The van der Waals surface area contributed by atoms with Crippen LogP contribution in [0.2, 0.25) is 0 Å². The molecule has 0 aromatic heterocycles. The van der Waals surface area contributed by atoms with Crippen molar-refractivity contribution in [1.82, 2.24) is 4.90 Å². The average Bonchev–Trinajstić information content (AvgIpc) is 2.77. The van der Waals surface area contributed by atoms with Crippen molar-refractivity contribution in [3.05, 3.63) is 96.1 Å². The summed E-state index contributed by atoms with van der Waals surface area (Å²) in [6.45, 7) is 6.61. The van der Waals surface area contributed by atoms with E-state index in [-0.39, 0.29) is 5.84 Å². The number of benzene rings is 3. The zero-order valence-corrected chi connectivity index (χ0v) is 17.6. The van der Waals surface area contributed by atoms with Crippen molar-refractivity contribution in [2.75, 3.05) is 7.05 Å². The summed E-state index contributed by atoms with van der Waals surface area (Å²) in [5, 5.41) is 8.70. The van der Waals surface area contributed by atoms with Gasteiger partial charge in [0.2, 0.25) is 0 Å². The minimum Gasteiger partial charge on any atom is -0.356 e. The predicted molar refractivity (Wildman–Crippen MR) is 124 cm³/mol. The molecule has 0 saturated carbocycles. The molecule has 29 heavy (non-hydrogen) atoms. The molecule has 0 aliphatic carbocycles. The SMILES string of the molecule is CC(C)[C@H](C)N(C)C(=NC(=N)c1cccc(-c2ccccc2)c1)c1ccccc1. The van der Waals surface area contributed by atoms with E-state index >= 15 is 0 Å². The lowest BCUT2D eigenvalue weighted by atomic mass is 10.0. The average molecular weight is 384 g/mol. The quantitative estimate of drug-likeness (QED) is 0.419. The van der Waals surface area contributed by atoms with Crippen LogP contribution in [0.1, 0.15) is 31.9 Å². The van der Waals surface area contributed by atoms with Crippen LogP contribution < -0.4 is 0 Å². The van der Waals surface area contributed by atoms with E-state index in [4.69, 9.17) is 10.4 Å². The highest BCUT2D eigenvalue weighted by atomic mass is 15.2. The lowest BCUT2D eigenvalue weighted by Gasteiger charge is -2.31. The van der Waals surface area contributed by atoms with Gasteiger partial charge in [-0.2, -0.15) is 0 Å². The predicted octanol–water partition coefficient (Wildman–Crippen LogP) is 6.10. The summed E-state index contributed by atoms with van der Waals surface area (Å²) in [7, 11) is 2.06. The fraction of sp³-hybridized carbons (Fsp3) is 0.231. The molecule has 0 aliphatic rings. The molecule has 3 nitrogen and oxygen atoms in total. The second kappa shape index (κ2) is 9.33. The van der Waals surface area contributed by atoms with Crippen molar-refractivity contribution >= 4 is 11.7 Å². The minimum atomic E-state index is 0.268. The fourth-order valence-corrected chi connectivity index (χ4v) is 3.22. The Bertz CT molecular complexity index is 975. The summed E-state index contributed by atoms with van der Waals surface area (Å²) < 4.78 is 0. The Labute approximate surface area is 174 Å². The fourth-order valence-electron chi connectivity index (χ4n) is 3.22. The zero-order valence-electron chi connectivity index (χ0n) is 17.6. The molecule has 0 radical (unpaired) electrons. The van der Waals surface area contributed by atoms with Crippen LogP contribution in [0.3, 0.4) is 0 Å². The van der Waals surface area contributed by atoms with Gasteiger partial charge in [0.1, 0.15) is 5.84 Å². The molecule has 0 heterocycles. The molecule has 0 amide bonds. The van der Waals surface area contributed by atoms with Gasteiger partial charge < -0.3 is 4.90 Å². The molecule has 0 aliphatic heterocycles. The maximum atomic E-state index is 8.70. The van der Waals surface area contributed by atoms with Gasteiger partial charge in [0.15, 0.2) is 5.84 Å². The van der Waals surface area contributed by atoms with Crippen molar-refractivity contribution in [2.45, 2.75) is 26.8 Å². The van der Waals surface area contributed by atoms with Gasteiger partial charge in [-0.3, -0.25) is 5.41 Å². The Hall–Kier alpha value is -3.20. The second-order valence-corrected chi connectivity index (χ2v) is 7.69. The molecular formula is C26H29N3. The lowest BCUT2D eigenvalue weighted by molar-refractivity contribution is 0.310. The molecule has 0 fully saturated rings. The molecule has 3 aromatic rings. The Balaban J connectivity index is 1.99. The molecule has 3 heteroatoms. The Morgan fingerprint density at radius 2 is 1.31 bits per heavy atom. The minimum absolute atomic E-state index is 0.268. The van der Waals surface area contributed by atoms with Crippen LogP contribution in [-0.2, 0) is 0 Å². The Kier molecular flexibility index (Phi) is 6.61. The van der Waals surface area contributed by atoms with Crippen molar-refractivity contribution in [1.29, 1.82) is 5.41 Å². The summed E-state index contributed by atoms with van der Waals surface area (Å²) >= 11 is 0. The van der Waals surface area contributed by atoms with Crippen LogP contribution in [0.15, 0.2) is 89.9 Å². The first kappa shape index (κ1) is 20.5. The van der Waals surface area contributed by atoms with Gasteiger partial charge in [0.25, 0.3) is 0 Å². The number of hydrogen-bond acceptors (Lipinski definition) is 1. The van der Waals surface area contributed by atoms with Gasteiger partial charge >= 0.3 is 0 Å². The number of hydrogen-bond donors (Lipinski definition) is 1. The smallest absolute Gasteiger partial charge is 0.154 e. The monoisotopic (exact) mass is 383 g/mol. The normalized spacial score (nSPS) is 12.7. The summed E-state index contributed by atoms with van der Waals surface area (Å²) in [4.78, 5) is 6.96. The maximum absolute atomic E-state index is 8.70. The van der Waals surface area contributed by atoms with Gasteiger partial charge in [-0.05, 0) is 30.0 Å². The van der Waals surface area contributed by atoms with Crippen molar-refractivity contribution in [2.24, 2.45) is 10.9 Å². The summed E-state index contributed by atoms with van der Waals surface area (Å²) in [6, 6.07) is 28.7. The molecule has 0 bridgehead atoms. The summed E-state index contributed by atoms with van der Waals surface area (Å²) in [5.41, 5.74) is 4.06. The standard InChI is InChI=1S/C26H29N3/c1-19(2)20(3)29(4)26(22-14-9-6-10-15-22)28-25(27)24-17-11-16-23(18-24)21-12-7-5-8-13-21/h5-20,27H,1-4H3/t20-/m0/s1. The summed E-state index contributed by atoms with van der Waals surface area (Å²) in [5.74, 6) is 1.57. The van der Waals surface area contributed by atoms with Crippen LogP contribution in [-0.4, -0.2) is 29.7 Å². The van der Waals surface area contributed by atoms with E-state index in [2.05, 4.69) is 63.1 Å². The molecule has 0 unspecified atom stereocenters. The lowest BCUT2D eigenvalue weighted by Crippen LogP contribution is -2.39. The second-order valence-electron chi connectivity index (χ2n) is 7.69. The van der Waals surface area contributed by atoms with E-state index in [1.165, 1.54) is 0 Å². The molecule has 148 valence electrons. The van der Waals surface area contributed by atoms with E-state index in [0.717, 1.165) is 28.1 Å². The van der Waals surface area contributed by atoms with E-state index in [9.17, 15) is 0 Å². The highest BCUT2D eigenvalue weighted by molar-refractivity contribution is 6.10. The molecular weight excluding hydrogens is 354 g/mol. The third kappa shape index (κ3) is 5.00. The van der Waals surface area contributed by atoms with Crippen LogP contribution in [0, 0.1) is 11.3 Å². The highest BCUT2D eigenvalue weighted by Crippen LogP contribution is 2.21. The van der Waals surface area contributed by atoms with E-state index in [1.54, 1.807) is 0 Å². The first-order valence-electron chi connectivity index (χ1n) is 10.1. The number of aliphatic imine (C=N–C) groups is 1. The first-order valence-corrected chi connectivity index (χ1v) is 10.1. The number of nitrogens with one attached hydrogen (secondary N) is 1. The first-order chi connectivity index (χ1) is 14.0. The molecule has 1 N–H and O–H groups in total. The number of nitrogens with zero attached hydrogens (tertiary/aromatic N) is 2. The van der Waals surface area contributed by atoms with Crippen molar-refractivity contribution in [3.63, 3.8) is 0 Å². The van der Waals surface area contributed by atoms with Gasteiger partial charge in [0.05, 0.1) is 0 Å². The van der Waals surface area contributed by atoms with Gasteiger partial charge in [-0.1, -0.05) is 92.7 Å². The van der Waals surface area contributed by atoms with Gasteiger partial charge in [-0.15, -0.1) is 0 Å². The van der Waals surface area contributed by atoms with Gasteiger partial charge in [-0.25, -0.2) is 4.99 Å². The van der Waals surface area contributed by atoms with Crippen LogP contribution in [0.4, 0.5) is 0 Å². The Morgan fingerprint density at radius 1 is 0.759 bits per heavy atom. The number of amidine groups is 2. The third-order valence-electron chi connectivity index (χ3n) is 5.40. The molecule has 3 rings (SSSR count). The zero-order chi connectivity index (χ0) is 20.8. The highest BCUT2D eigenvalue weighted by Gasteiger charge is 2.19. The third-order valence-corrected chi connectivity index (χ3v) is 5.40.